The van der Waals surface area contributed by atoms with Crippen LogP contribution in [0.25, 0.3) is 44.5 Å². The SMILES string of the molecule is Cc1ccc2c(oc3nc(C(C)C)ccc32)c1-c1ncccc1-c1cccc(C(C)C)c1. The normalized spacial score (nSPS) is 11.8. The van der Waals surface area contributed by atoms with Crippen LogP contribution in [-0.4, -0.2) is 9.97 Å². The first-order valence-corrected chi connectivity index (χ1v) is 11.3. The van der Waals surface area contributed by atoms with Crippen molar-refractivity contribution in [2.24, 2.45) is 0 Å². The standard InChI is InChI=1S/C29H28N2O/c1-17(2)20-8-6-9-21(16-20)22-10-7-15-30-27(22)26-19(5)11-12-23-24-13-14-25(18(3)4)31-29(24)32-28(23)26/h6-18H,1-5H3. The summed E-state index contributed by atoms with van der Waals surface area (Å²) in [5.74, 6) is 0.821. The van der Waals surface area contributed by atoms with E-state index < -0.39 is 0 Å². The Morgan fingerprint density at radius 3 is 2.41 bits per heavy atom. The molecule has 3 nitrogen and oxygen atoms in total. The molecule has 0 aliphatic rings. The summed E-state index contributed by atoms with van der Waals surface area (Å²) in [5, 5.41) is 2.13. The van der Waals surface area contributed by atoms with Gasteiger partial charge in [0.05, 0.1) is 5.69 Å². The highest BCUT2D eigenvalue weighted by Gasteiger charge is 2.20. The average Bonchev–Trinajstić information content (AvgIpc) is 3.16. The Kier molecular flexibility index (Phi) is 5.05. The molecular formula is C29H28N2O. The molecule has 0 N–H and O–H groups in total. The molecule has 3 heterocycles. The maximum Gasteiger partial charge on any atom is 0.227 e. The predicted molar refractivity (Wildman–Crippen MR) is 133 cm³/mol. The van der Waals surface area contributed by atoms with E-state index in [9.17, 15) is 0 Å². The largest absolute Gasteiger partial charge is 0.437 e. The summed E-state index contributed by atoms with van der Waals surface area (Å²) in [6.07, 6.45) is 1.86. The van der Waals surface area contributed by atoms with E-state index in [1.807, 2.05) is 12.3 Å². The molecule has 32 heavy (non-hydrogen) atoms. The Morgan fingerprint density at radius 1 is 0.812 bits per heavy atom. The van der Waals surface area contributed by atoms with Crippen LogP contribution in [0.5, 0.6) is 0 Å². The van der Waals surface area contributed by atoms with Gasteiger partial charge in [0.1, 0.15) is 5.58 Å². The molecular weight excluding hydrogens is 392 g/mol. The minimum absolute atomic E-state index is 0.351. The third-order valence-electron chi connectivity index (χ3n) is 6.24. The van der Waals surface area contributed by atoms with E-state index >= 15 is 0 Å². The van der Waals surface area contributed by atoms with Gasteiger partial charge in [0.25, 0.3) is 0 Å². The van der Waals surface area contributed by atoms with Crippen molar-refractivity contribution in [1.82, 2.24) is 9.97 Å². The fourth-order valence-corrected chi connectivity index (χ4v) is 4.35. The molecule has 5 rings (SSSR count). The fourth-order valence-electron chi connectivity index (χ4n) is 4.35. The Labute approximate surface area is 189 Å². The van der Waals surface area contributed by atoms with Crippen LogP contribution >= 0.6 is 0 Å². The monoisotopic (exact) mass is 420 g/mol. The first kappa shape index (κ1) is 20.4. The Balaban J connectivity index is 1.78. The van der Waals surface area contributed by atoms with Gasteiger partial charge in [-0.25, -0.2) is 4.98 Å². The number of aromatic nitrogens is 2. The summed E-state index contributed by atoms with van der Waals surface area (Å²) < 4.78 is 6.41. The average molecular weight is 421 g/mol. The van der Waals surface area contributed by atoms with Crippen LogP contribution in [0.1, 0.15) is 56.4 Å². The summed E-state index contributed by atoms with van der Waals surface area (Å²) in [5.41, 5.74) is 9.32. The number of rotatable bonds is 4. The van der Waals surface area contributed by atoms with Crippen molar-refractivity contribution in [1.29, 1.82) is 0 Å². The van der Waals surface area contributed by atoms with Crippen LogP contribution in [0.15, 0.2) is 71.3 Å². The van der Waals surface area contributed by atoms with Gasteiger partial charge in [-0.05, 0) is 53.6 Å². The molecule has 0 saturated heterocycles. The fraction of sp³-hybridized carbons (Fsp3) is 0.241. The third kappa shape index (κ3) is 3.38. The second-order valence-corrected chi connectivity index (χ2v) is 9.16. The van der Waals surface area contributed by atoms with E-state index in [4.69, 9.17) is 14.4 Å². The maximum atomic E-state index is 6.41. The van der Waals surface area contributed by atoms with Gasteiger partial charge in [0.15, 0.2) is 0 Å². The molecule has 0 saturated carbocycles. The number of hydrogen-bond donors (Lipinski definition) is 0. The van der Waals surface area contributed by atoms with Crippen molar-refractivity contribution in [3.8, 4) is 22.4 Å². The third-order valence-corrected chi connectivity index (χ3v) is 6.24. The van der Waals surface area contributed by atoms with E-state index in [1.165, 1.54) is 11.1 Å². The number of furan rings is 1. The van der Waals surface area contributed by atoms with Crippen molar-refractivity contribution in [3.63, 3.8) is 0 Å². The van der Waals surface area contributed by atoms with Crippen molar-refractivity contribution in [3.05, 3.63) is 83.7 Å². The molecule has 3 heteroatoms. The molecule has 0 amide bonds. The van der Waals surface area contributed by atoms with Crippen LogP contribution in [-0.2, 0) is 0 Å². The van der Waals surface area contributed by atoms with E-state index in [-0.39, 0.29) is 0 Å². The van der Waals surface area contributed by atoms with Crippen molar-refractivity contribution < 1.29 is 4.42 Å². The lowest BCUT2D eigenvalue weighted by Gasteiger charge is -2.13. The van der Waals surface area contributed by atoms with Crippen LogP contribution in [0.4, 0.5) is 0 Å². The van der Waals surface area contributed by atoms with Crippen molar-refractivity contribution >= 4 is 22.1 Å². The second-order valence-electron chi connectivity index (χ2n) is 9.16. The zero-order chi connectivity index (χ0) is 22.4. The number of aryl methyl sites for hydroxylation is 1. The van der Waals surface area contributed by atoms with Gasteiger partial charge < -0.3 is 4.42 Å². The number of fused-ring (bicyclic) bond motifs is 3. The van der Waals surface area contributed by atoms with Gasteiger partial charge in [-0.2, -0.15) is 0 Å². The van der Waals surface area contributed by atoms with E-state index in [0.717, 1.165) is 44.4 Å². The molecule has 0 unspecified atom stereocenters. The van der Waals surface area contributed by atoms with Crippen LogP contribution in [0.2, 0.25) is 0 Å². The second kappa shape index (κ2) is 7.90. The molecule has 0 atom stereocenters. The Bertz CT molecular complexity index is 1440. The van der Waals surface area contributed by atoms with Gasteiger partial charge in [-0.1, -0.05) is 70.2 Å². The maximum absolute atomic E-state index is 6.41. The minimum Gasteiger partial charge on any atom is -0.437 e. The van der Waals surface area contributed by atoms with Crippen LogP contribution < -0.4 is 0 Å². The zero-order valence-corrected chi connectivity index (χ0v) is 19.3. The molecule has 0 radical (unpaired) electrons. The highest BCUT2D eigenvalue weighted by Crippen LogP contribution is 2.40. The molecule has 0 aliphatic heterocycles. The van der Waals surface area contributed by atoms with Gasteiger partial charge in [-0.3, -0.25) is 4.98 Å². The van der Waals surface area contributed by atoms with Crippen LogP contribution in [0, 0.1) is 6.92 Å². The number of pyridine rings is 2. The molecule has 5 aromatic rings. The molecule has 2 aromatic carbocycles. The summed E-state index contributed by atoms with van der Waals surface area (Å²) in [6.45, 7) is 10.9. The minimum atomic E-state index is 0.351. The summed E-state index contributed by atoms with van der Waals surface area (Å²) in [7, 11) is 0. The van der Waals surface area contributed by atoms with Crippen molar-refractivity contribution in [2.45, 2.75) is 46.5 Å². The van der Waals surface area contributed by atoms with Crippen LogP contribution in [0.3, 0.4) is 0 Å². The quantitative estimate of drug-likeness (QED) is 0.294. The highest BCUT2D eigenvalue weighted by molar-refractivity contribution is 6.10. The van der Waals surface area contributed by atoms with Gasteiger partial charge in [0.2, 0.25) is 5.71 Å². The molecule has 0 fully saturated rings. The van der Waals surface area contributed by atoms with Gasteiger partial charge in [-0.15, -0.1) is 0 Å². The number of hydrogen-bond acceptors (Lipinski definition) is 3. The smallest absolute Gasteiger partial charge is 0.227 e. The summed E-state index contributed by atoms with van der Waals surface area (Å²) in [4.78, 5) is 9.65. The number of nitrogens with zero attached hydrogens (tertiary/aromatic N) is 2. The van der Waals surface area contributed by atoms with E-state index in [0.29, 0.717) is 17.5 Å². The Hall–Kier alpha value is -3.46. The van der Waals surface area contributed by atoms with E-state index in [1.54, 1.807) is 0 Å². The lowest BCUT2D eigenvalue weighted by molar-refractivity contribution is 0.648. The molecule has 0 spiro atoms. The first-order chi connectivity index (χ1) is 15.4. The molecule has 3 aromatic heterocycles. The molecule has 0 aliphatic carbocycles. The van der Waals surface area contributed by atoms with Gasteiger partial charge in [0, 0.05) is 33.8 Å². The first-order valence-electron chi connectivity index (χ1n) is 11.3. The topological polar surface area (TPSA) is 38.9 Å². The molecule has 160 valence electrons. The Morgan fingerprint density at radius 2 is 1.62 bits per heavy atom. The van der Waals surface area contributed by atoms with Crippen molar-refractivity contribution in [2.75, 3.05) is 0 Å². The van der Waals surface area contributed by atoms with Gasteiger partial charge >= 0.3 is 0 Å². The van der Waals surface area contributed by atoms with E-state index in [2.05, 4.69) is 89.2 Å². The lowest BCUT2D eigenvalue weighted by Crippen LogP contribution is -1.93. The summed E-state index contributed by atoms with van der Waals surface area (Å²) >= 11 is 0. The highest BCUT2D eigenvalue weighted by atomic mass is 16.3. The zero-order valence-electron chi connectivity index (χ0n) is 19.3. The predicted octanol–water partition coefficient (Wildman–Crippen LogP) is 8.27. The molecule has 0 bridgehead atoms. The summed E-state index contributed by atoms with van der Waals surface area (Å²) in [6, 6.07) is 21.4. The lowest BCUT2D eigenvalue weighted by atomic mass is 9.92. The number of benzene rings is 2.